The van der Waals surface area contributed by atoms with Crippen LogP contribution in [0.5, 0.6) is 0 Å². The molecule has 14 heavy (non-hydrogen) atoms. The molecule has 0 amide bonds. The SMILES string of the molecule is CCOC=C(C(=O)OCC)C(C)(C)C. The third-order valence-corrected chi connectivity index (χ3v) is 1.67. The molecule has 0 aromatic heterocycles. The van der Waals surface area contributed by atoms with Crippen molar-refractivity contribution in [3.8, 4) is 0 Å². The first-order chi connectivity index (χ1) is 6.43. The highest BCUT2D eigenvalue weighted by Gasteiger charge is 2.25. The lowest BCUT2D eigenvalue weighted by Gasteiger charge is -2.20. The van der Waals surface area contributed by atoms with Crippen molar-refractivity contribution in [3.63, 3.8) is 0 Å². The summed E-state index contributed by atoms with van der Waals surface area (Å²) < 4.78 is 10.1. The van der Waals surface area contributed by atoms with Crippen LogP contribution in [0.25, 0.3) is 0 Å². The van der Waals surface area contributed by atoms with Gasteiger partial charge in [-0.15, -0.1) is 0 Å². The van der Waals surface area contributed by atoms with Gasteiger partial charge in [0, 0.05) is 0 Å². The molecule has 0 fully saturated rings. The smallest absolute Gasteiger partial charge is 0.337 e. The number of rotatable bonds is 4. The van der Waals surface area contributed by atoms with E-state index in [1.807, 2.05) is 27.7 Å². The minimum atomic E-state index is -0.298. The molecule has 3 heteroatoms. The molecule has 0 heterocycles. The topological polar surface area (TPSA) is 35.5 Å². The van der Waals surface area contributed by atoms with E-state index in [1.165, 1.54) is 6.26 Å². The first-order valence-corrected chi connectivity index (χ1v) is 4.92. The number of hydrogen-bond donors (Lipinski definition) is 0. The van der Waals surface area contributed by atoms with Gasteiger partial charge in [-0.2, -0.15) is 0 Å². The lowest BCUT2D eigenvalue weighted by Crippen LogP contribution is -2.20. The maximum absolute atomic E-state index is 11.5. The van der Waals surface area contributed by atoms with E-state index in [1.54, 1.807) is 6.92 Å². The van der Waals surface area contributed by atoms with E-state index in [2.05, 4.69) is 0 Å². The summed E-state index contributed by atoms with van der Waals surface area (Å²) >= 11 is 0. The summed E-state index contributed by atoms with van der Waals surface area (Å²) in [5.41, 5.74) is 0.322. The Balaban J connectivity index is 4.64. The van der Waals surface area contributed by atoms with Crippen LogP contribution in [-0.2, 0) is 14.3 Å². The van der Waals surface area contributed by atoms with Gasteiger partial charge in [-0.3, -0.25) is 0 Å². The molecule has 0 aliphatic heterocycles. The molecule has 0 radical (unpaired) electrons. The quantitative estimate of drug-likeness (QED) is 0.397. The maximum atomic E-state index is 11.5. The van der Waals surface area contributed by atoms with Gasteiger partial charge < -0.3 is 9.47 Å². The molecule has 0 atom stereocenters. The van der Waals surface area contributed by atoms with E-state index in [-0.39, 0.29) is 11.4 Å². The maximum Gasteiger partial charge on any atom is 0.337 e. The molecule has 0 N–H and O–H groups in total. The van der Waals surface area contributed by atoms with E-state index in [0.717, 1.165) is 0 Å². The zero-order valence-electron chi connectivity index (χ0n) is 9.72. The van der Waals surface area contributed by atoms with Crippen molar-refractivity contribution in [2.75, 3.05) is 13.2 Å². The standard InChI is InChI=1S/C11H20O3/c1-6-13-8-9(11(3,4)5)10(12)14-7-2/h8H,6-7H2,1-5H3. The third kappa shape index (κ3) is 4.30. The number of carbonyl (C=O) groups is 1. The number of hydrogen-bond acceptors (Lipinski definition) is 3. The number of ether oxygens (including phenoxy) is 2. The van der Waals surface area contributed by atoms with Gasteiger partial charge in [0.05, 0.1) is 25.0 Å². The second-order valence-electron chi connectivity index (χ2n) is 3.96. The highest BCUT2D eigenvalue weighted by atomic mass is 16.5. The van der Waals surface area contributed by atoms with Crippen molar-refractivity contribution in [2.45, 2.75) is 34.6 Å². The molecule has 0 unspecified atom stereocenters. The Hall–Kier alpha value is -0.990. The van der Waals surface area contributed by atoms with Gasteiger partial charge in [0.15, 0.2) is 0 Å². The lowest BCUT2D eigenvalue weighted by molar-refractivity contribution is -0.139. The van der Waals surface area contributed by atoms with Gasteiger partial charge in [0.2, 0.25) is 0 Å². The summed E-state index contributed by atoms with van der Waals surface area (Å²) in [5, 5.41) is 0. The Morgan fingerprint density at radius 1 is 1.21 bits per heavy atom. The second kappa shape index (κ2) is 5.68. The minimum absolute atomic E-state index is 0.249. The van der Waals surface area contributed by atoms with Gasteiger partial charge in [-0.05, 0) is 19.3 Å². The summed E-state index contributed by atoms with van der Waals surface area (Å²) in [5.74, 6) is -0.298. The van der Waals surface area contributed by atoms with E-state index in [4.69, 9.17) is 9.47 Å². The molecule has 0 aliphatic carbocycles. The third-order valence-electron chi connectivity index (χ3n) is 1.67. The van der Waals surface area contributed by atoms with Crippen LogP contribution in [0, 0.1) is 5.41 Å². The van der Waals surface area contributed by atoms with Crippen LogP contribution in [0.15, 0.2) is 11.8 Å². The Morgan fingerprint density at radius 2 is 1.79 bits per heavy atom. The normalized spacial score (nSPS) is 12.5. The summed E-state index contributed by atoms with van der Waals surface area (Å²) in [4.78, 5) is 11.5. The molecule has 0 aromatic carbocycles. The molecule has 0 aromatic rings. The van der Waals surface area contributed by atoms with Crippen molar-refractivity contribution < 1.29 is 14.3 Å². The van der Waals surface area contributed by atoms with Crippen molar-refractivity contribution in [1.82, 2.24) is 0 Å². The van der Waals surface area contributed by atoms with Crippen LogP contribution >= 0.6 is 0 Å². The molecule has 0 saturated heterocycles. The van der Waals surface area contributed by atoms with E-state index < -0.39 is 0 Å². The molecule has 3 nitrogen and oxygen atoms in total. The zero-order chi connectivity index (χ0) is 11.2. The van der Waals surface area contributed by atoms with Crippen LogP contribution in [0.2, 0.25) is 0 Å². The van der Waals surface area contributed by atoms with Crippen LogP contribution in [-0.4, -0.2) is 19.2 Å². The van der Waals surface area contributed by atoms with Crippen LogP contribution in [0.4, 0.5) is 0 Å². The first kappa shape index (κ1) is 13.0. The van der Waals surface area contributed by atoms with Crippen molar-refractivity contribution in [1.29, 1.82) is 0 Å². The van der Waals surface area contributed by atoms with Crippen molar-refractivity contribution in [3.05, 3.63) is 11.8 Å². The summed E-state index contributed by atoms with van der Waals surface area (Å²) in [7, 11) is 0. The molecule has 0 saturated carbocycles. The van der Waals surface area contributed by atoms with Crippen molar-refractivity contribution >= 4 is 5.97 Å². The average Bonchev–Trinajstić information content (AvgIpc) is 2.03. The molecular formula is C11H20O3. The second-order valence-corrected chi connectivity index (χ2v) is 3.96. The monoisotopic (exact) mass is 200 g/mol. The number of carbonyl (C=O) groups excluding carboxylic acids is 1. The van der Waals surface area contributed by atoms with E-state index in [0.29, 0.717) is 18.8 Å². The molecule has 0 rings (SSSR count). The van der Waals surface area contributed by atoms with Gasteiger partial charge in [0.25, 0.3) is 0 Å². The highest BCUT2D eigenvalue weighted by molar-refractivity contribution is 5.89. The minimum Gasteiger partial charge on any atom is -0.501 e. The molecule has 0 bridgehead atoms. The van der Waals surface area contributed by atoms with Gasteiger partial charge >= 0.3 is 5.97 Å². The molecule has 0 aliphatic rings. The Bertz CT molecular complexity index is 211. The van der Waals surface area contributed by atoms with Gasteiger partial charge in [0.1, 0.15) is 0 Å². The van der Waals surface area contributed by atoms with Gasteiger partial charge in [-0.25, -0.2) is 4.79 Å². The van der Waals surface area contributed by atoms with Gasteiger partial charge in [-0.1, -0.05) is 20.8 Å². The van der Waals surface area contributed by atoms with E-state index >= 15 is 0 Å². The average molecular weight is 200 g/mol. The Labute approximate surface area is 86.1 Å². The Morgan fingerprint density at radius 3 is 2.14 bits per heavy atom. The predicted molar refractivity (Wildman–Crippen MR) is 55.8 cm³/mol. The number of esters is 1. The Kier molecular flexibility index (Phi) is 5.28. The fourth-order valence-electron chi connectivity index (χ4n) is 0.907. The van der Waals surface area contributed by atoms with Crippen LogP contribution < -0.4 is 0 Å². The first-order valence-electron chi connectivity index (χ1n) is 4.92. The van der Waals surface area contributed by atoms with Crippen LogP contribution in [0.1, 0.15) is 34.6 Å². The molecule has 82 valence electrons. The lowest BCUT2D eigenvalue weighted by atomic mass is 9.87. The summed E-state index contributed by atoms with van der Waals surface area (Å²) in [6, 6.07) is 0. The van der Waals surface area contributed by atoms with Crippen molar-refractivity contribution in [2.24, 2.45) is 5.41 Å². The largest absolute Gasteiger partial charge is 0.501 e. The zero-order valence-corrected chi connectivity index (χ0v) is 9.72. The highest BCUT2D eigenvalue weighted by Crippen LogP contribution is 2.26. The molecular weight excluding hydrogens is 180 g/mol. The fourth-order valence-corrected chi connectivity index (χ4v) is 0.907. The fraction of sp³-hybridized carbons (Fsp3) is 0.727. The predicted octanol–water partition coefficient (Wildman–Crippen LogP) is 2.52. The molecule has 0 spiro atoms. The van der Waals surface area contributed by atoms with E-state index in [9.17, 15) is 4.79 Å². The van der Waals surface area contributed by atoms with Crippen LogP contribution in [0.3, 0.4) is 0 Å². The summed E-state index contributed by atoms with van der Waals surface area (Å²) in [6.07, 6.45) is 1.50. The summed E-state index contributed by atoms with van der Waals surface area (Å²) in [6.45, 7) is 10.5.